The van der Waals surface area contributed by atoms with E-state index in [4.69, 9.17) is 0 Å². The quantitative estimate of drug-likeness (QED) is 0.707. The topological polar surface area (TPSA) is 21.1 Å². The van der Waals surface area contributed by atoms with E-state index in [1.54, 1.807) is 0 Å². The number of piperidine rings is 1. The number of aromatic nitrogens is 2. The molecule has 124 valence electrons. The molecule has 1 saturated heterocycles. The van der Waals surface area contributed by atoms with Crippen LogP contribution in [0.5, 0.6) is 0 Å². The Bertz CT molecular complexity index is 785. The van der Waals surface area contributed by atoms with Gasteiger partial charge in [-0.1, -0.05) is 42.5 Å². The molecule has 0 radical (unpaired) electrons. The third-order valence-electron chi connectivity index (χ3n) is 5.34. The lowest BCUT2D eigenvalue weighted by Crippen LogP contribution is -2.36. The molecule has 1 fully saturated rings. The molecule has 2 heterocycles. The molecule has 0 unspecified atom stereocenters. The maximum atomic E-state index is 4.53. The molecule has 1 atom stereocenters. The molecule has 2 aromatic carbocycles. The third kappa shape index (κ3) is 3.09. The zero-order valence-electron chi connectivity index (χ0n) is 14.3. The highest BCUT2D eigenvalue weighted by atomic mass is 15.2. The van der Waals surface area contributed by atoms with Crippen molar-refractivity contribution in [3.05, 3.63) is 66.5 Å². The third-order valence-corrected chi connectivity index (χ3v) is 5.34. The second-order valence-corrected chi connectivity index (χ2v) is 6.98. The highest BCUT2D eigenvalue weighted by Crippen LogP contribution is 2.28. The average Bonchev–Trinajstić information content (AvgIpc) is 3.07. The van der Waals surface area contributed by atoms with Gasteiger partial charge in [0.1, 0.15) is 0 Å². The van der Waals surface area contributed by atoms with Crippen molar-refractivity contribution in [1.82, 2.24) is 14.5 Å². The van der Waals surface area contributed by atoms with Gasteiger partial charge in [0.05, 0.1) is 17.4 Å². The van der Waals surface area contributed by atoms with Crippen LogP contribution in [0.15, 0.2) is 60.9 Å². The van der Waals surface area contributed by atoms with Gasteiger partial charge in [0.25, 0.3) is 0 Å². The van der Waals surface area contributed by atoms with E-state index in [2.05, 4.69) is 76.0 Å². The zero-order valence-corrected chi connectivity index (χ0v) is 14.3. The van der Waals surface area contributed by atoms with Crippen LogP contribution >= 0.6 is 0 Å². The van der Waals surface area contributed by atoms with Gasteiger partial charge < -0.3 is 9.47 Å². The van der Waals surface area contributed by atoms with Crippen molar-refractivity contribution in [2.24, 2.45) is 0 Å². The molecule has 0 spiro atoms. The summed E-state index contributed by atoms with van der Waals surface area (Å²) in [5.74, 6) is 0.729. The van der Waals surface area contributed by atoms with E-state index >= 15 is 0 Å². The van der Waals surface area contributed by atoms with Crippen molar-refractivity contribution < 1.29 is 0 Å². The first kappa shape index (κ1) is 15.4. The van der Waals surface area contributed by atoms with Crippen LogP contribution < -0.4 is 0 Å². The fourth-order valence-corrected chi connectivity index (χ4v) is 3.97. The second kappa shape index (κ2) is 6.78. The summed E-state index contributed by atoms with van der Waals surface area (Å²) in [4.78, 5) is 7.14. The van der Waals surface area contributed by atoms with Crippen molar-refractivity contribution in [3.8, 4) is 0 Å². The number of fused-ring (bicyclic) bond motifs is 1. The molecule has 0 saturated carbocycles. The van der Waals surface area contributed by atoms with Crippen molar-refractivity contribution in [1.29, 1.82) is 0 Å². The Morgan fingerprint density at radius 2 is 1.71 bits per heavy atom. The average molecular weight is 319 g/mol. The minimum Gasteiger partial charge on any atom is -0.326 e. The molecule has 24 heavy (non-hydrogen) atoms. The lowest BCUT2D eigenvalue weighted by Gasteiger charge is -2.34. The Kier molecular flexibility index (Phi) is 4.35. The van der Waals surface area contributed by atoms with Crippen LogP contribution in [0.3, 0.4) is 0 Å². The molecule has 0 amide bonds. The summed E-state index contributed by atoms with van der Waals surface area (Å²) in [5.41, 5.74) is 3.84. The number of hydrogen-bond acceptors (Lipinski definition) is 2. The smallest absolute Gasteiger partial charge is 0.0961 e. The van der Waals surface area contributed by atoms with Crippen LogP contribution in [0, 0.1) is 0 Å². The summed E-state index contributed by atoms with van der Waals surface area (Å²) in [6, 6.07) is 19.8. The first-order chi connectivity index (χ1) is 11.8. The van der Waals surface area contributed by atoms with E-state index in [-0.39, 0.29) is 0 Å². The van der Waals surface area contributed by atoms with E-state index in [1.807, 2.05) is 6.33 Å². The van der Waals surface area contributed by atoms with Crippen LogP contribution in [0.2, 0.25) is 0 Å². The van der Waals surface area contributed by atoms with Crippen LogP contribution in [0.4, 0.5) is 0 Å². The highest BCUT2D eigenvalue weighted by Gasteiger charge is 2.22. The van der Waals surface area contributed by atoms with E-state index in [1.165, 1.54) is 37.0 Å². The minimum absolute atomic E-state index is 0.450. The van der Waals surface area contributed by atoms with Crippen LogP contribution in [0.25, 0.3) is 11.0 Å². The van der Waals surface area contributed by atoms with Gasteiger partial charge >= 0.3 is 0 Å². The molecule has 3 nitrogen and oxygen atoms in total. The van der Waals surface area contributed by atoms with Crippen LogP contribution in [-0.4, -0.2) is 34.1 Å². The van der Waals surface area contributed by atoms with Gasteiger partial charge in [-0.3, -0.25) is 0 Å². The Balaban J connectivity index is 1.38. The van der Waals surface area contributed by atoms with Gasteiger partial charge in [-0.25, -0.2) is 4.98 Å². The highest BCUT2D eigenvalue weighted by molar-refractivity contribution is 5.75. The van der Waals surface area contributed by atoms with E-state index in [0.717, 1.165) is 18.0 Å². The Morgan fingerprint density at radius 1 is 1.00 bits per heavy atom. The van der Waals surface area contributed by atoms with E-state index in [0.29, 0.717) is 6.04 Å². The largest absolute Gasteiger partial charge is 0.326 e. The standard InChI is InChI=1S/C21H25N3/c1-17(24-16-22-20-9-5-6-10-21(20)24)15-23-13-11-19(12-14-23)18-7-3-2-4-8-18/h2-10,16-17,19H,11-15H2,1H3/t17-/m0/s1. The zero-order chi connectivity index (χ0) is 16.4. The molecular formula is C21H25N3. The number of nitrogens with zero attached hydrogens (tertiary/aromatic N) is 3. The number of likely N-dealkylation sites (tertiary alicyclic amines) is 1. The Labute approximate surface area is 143 Å². The number of benzene rings is 2. The second-order valence-electron chi connectivity index (χ2n) is 6.98. The van der Waals surface area contributed by atoms with Crippen molar-refractivity contribution in [3.63, 3.8) is 0 Å². The van der Waals surface area contributed by atoms with Crippen molar-refractivity contribution in [2.75, 3.05) is 19.6 Å². The Hall–Kier alpha value is -2.13. The Morgan fingerprint density at radius 3 is 2.50 bits per heavy atom. The number of rotatable bonds is 4. The first-order valence-electron chi connectivity index (χ1n) is 9.00. The normalized spacial score (nSPS) is 18.0. The van der Waals surface area contributed by atoms with Gasteiger partial charge in [-0.05, 0) is 56.5 Å². The molecule has 3 aromatic rings. The van der Waals surface area contributed by atoms with Gasteiger partial charge in [-0.2, -0.15) is 0 Å². The number of hydrogen-bond donors (Lipinski definition) is 0. The maximum Gasteiger partial charge on any atom is 0.0961 e. The number of imidazole rings is 1. The van der Waals surface area contributed by atoms with E-state index < -0.39 is 0 Å². The summed E-state index contributed by atoms with van der Waals surface area (Å²) < 4.78 is 2.32. The molecule has 3 heteroatoms. The summed E-state index contributed by atoms with van der Waals surface area (Å²) in [7, 11) is 0. The molecule has 1 aliphatic rings. The molecule has 4 rings (SSSR count). The van der Waals surface area contributed by atoms with Gasteiger partial charge in [0.2, 0.25) is 0 Å². The molecular weight excluding hydrogens is 294 g/mol. The van der Waals surface area contributed by atoms with Crippen LogP contribution in [-0.2, 0) is 0 Å². The summed E-state index contributed by atoms with van der Waals surface area (Å²) in [6.07, 6.45) is 4.52. The molecule has 0 bridgehead atoms. The predicted molar refractivity (Wildman–Crippen MR) is 99.3 cm³/mol. The SMILES string of the molecule is C[C@@H](CN1CCC(c2ccccc2)CC1)n1cnc2ccccc21. The molecule has 0 aliphatic carbocycles. The lowest BCUT2D eigenvalue weighted by molar-refractivity contribution is 0.189. The molecule has 0 N–H and O–H groups in total. The maximum absolute atomic E-state index is 4.53. The van der Waals surface area contributed by atoms with Crippen molar-refractivity contribution >= 4 is 11.0 Å². The number of para-hydroxylation sites is 2. The lowest BCUT2D eigenvalue weighted by atomic mass is 9.89. The fraction of sp³-hybridized carbons (Fsp3) is 0.381. The van der Waals surface area contributed by atoms with E-state index in [9.17, 15) is 0 Å². The first-order valence-corrected chi connectivity index (χ1v) is 9.00. The summed E-state index contributed by atoms with van der Waals surface area (Å²) in [6.45, 7) is 5.78. The summed E-state index contributed by atoms with van der Waals surface area (Å²) in [5, 5.41) is 0. The molecule has 1 aliphatic heterocycles. The minimum atomic E-state index is 0.450. The van der Waals surface area contributed by atoms with Crippen LogP contribution in [0.1, 0.15) is 37.3 Å². The van der Waals surface area contributed by atoms with Gasteiger partial charge in [0.15, 0.2) is 0 Å². The monoisotopic (exact) mass is 319 g/mol. The van der Waals surface area contributed by atoms with Gasteiger partial charge in [-0.15, -0.1) is 0 Å². The van der Waals surface area contributed by atoms with Crippen molar-refractivity contribution in [2.45, 2.75) is 31.7 Å². The molecule has 1 aromatic heterocycles. The van der Waals surface area contributed by atoms with Gasteiger partial charge in [0, 0.05) is 12.6 Å². The fourth-order valence-electron chi connectivity index (χ4n) is 3.97. The summed E-state index contributed by atoms with van der Waals surface area (Å²) >= 11 is 0. The predicted octanol–water partition coefficient (Wildman–Crippen LogP) is 4.48.